The van der Waals surface area contributed by atoms with E-state index in [-0.39, 0.29) is 12.8 Å². The molecule has 12 aliphatic heterocycles. The van der Waals surface area contributed by atoms with Gasteiger partial charge < -0.3 is 44.1 Å². The Morgan fingerprint density at radius 2 is 0.471 bits per heavy atom. The van der Waals surface area contributed by atoms with Gasteiger partial charge in [0.1, 0.15) is 5.67 Å². The molecule has 0 aromatic heterocycles. The zero-order valence-corrected chi connectivity index (χ0v) is 98.7. The van der Waals surface area contributed by atoms with E-state index in [0.717, 1.165) is 89.0 Å². The highest BCUT2D eigenvalue weighted by atomic mass is 19.3. The molecule has 16 rings (SSSR count). The van der Waals surface area contributed by atoms with Gasteiger partial charge in [-0.05, 0) is 451 Å². The van der Waals surface area contributed by atoms with Gasteiger partial charge in [-0.3, -0.25) is 19.6 Å². The number of hydrogen-bond donors (Lipinski definition) is 0. The quantitative estimate of drug-likeness (QED) is 0.181. The maximum absolute atomic E-state index is 12.8. The Bertz CT molecular complexity index is 3000. The molecule has 13 nitrogen and oxygen atoms in total. The number of alkyl halides is 3. The molecule has 0 N–H and O–H groups in total. The second kappa shape index (κ2) is 68.4. The predicted octanol–water partition coefficient (Wildman–Crippen LogP) is 28.8. The molecule has 0 amide bonds. The van der Waals surface area contributed by atoms with Crippen LogP contribution in [0.4, 0.5) is 13.2 Å². The Kier molecular flexibility index (Phi) is 64.3. The van der Waals surface area contributed by atoms with Crippen molar-refractivity contribution < 1.29 is 13.2 Å². The van der Waals surface area contributed by atoms with Gasteiger partial charge in [0.05, 0.1) is 0 Å². The lowest BCUT2D eigenvalue weighted by Gasteiger charge is -2.57. The Morgan fingerprint density at radius 3 is 0.710 bits per heavy atom. The van der Waals surface area contributed by atoms with Crippen LogP contribution < -0.4 is 0 Å². The summed E-state index contributed by atoms with van der Waals surface area (Å²) in [6.07, 6.45) is 34.6. The third-order valence-electron chi connectivity index (χ3n) is 33.1. The average Bonchev–Trinajstić information content (AvgIpc) is 0.781. The number of benzene rings is 2. The highest BCUT2D eigenvalue weighted by Gasteiger charge is 2.48. The molecule has 14 fully saturated rings. The van der Waals surface area contributed by atoms with Crippen LogP contribution in [-0.4, -0.2) is 325 Å². The maximum Gasteiger partial charge on any atom is 0.250 e. The minimum atomic E-state index is -2.40. The van der Waals surface area contributed by atoms with Crippen LogP contribution >= 0.6 is 0 Å². The Morgan fingerprint density at radius 1 is 0.239 bits per heavy atom. The van der Waals surface area contributed by atoms with Crippen molar-refractivity contribution in [2.45, 2.75) is 505 Å². The van der Waals surface area contributed by atoms with E-state index < -0.39 is 11.6 Å². The number of piperidine rings is 7. The standard InChI is InChI=1S/C11H21N.C10H21N.C10H14.C9H17N.3C9H19N.C9H12.C8H15F2N.C8H18N2.2C8H17N.C7H14FN.C7H15N/c1-10(2)12-8-11(9-12)6-4-3-5-7-11;1-9(2)11-7-5-10(3,4)6-8-11;1-8(2)10-6-4-9(3)5-7-10;1-8(2)10-6-9(7-10)4-3-5-9;3*1-8(2)10-6-4-9(3)5-7-10;1-8(2)9-6-4-3-5-7-9;1-7(2)11-5-3-8(9,10)4-6-11;1-8(2)10-6-4-9(3)5-7-10;2*1-8(2)9-6-4-3-5-7-9;1-6(2)9-4-7(3,8)5-9;1-7(2)8-5-3-4-6-8/h10H,3-9H2,1-2H3;9H,5-8H2,1-4H3;4-8H,1-3H3;8H,3-7H2,1-2H3;3*8-9H,4-7H2,1-3H3;3-8H,1-2H3;7H,3-6H2,1-2H3;8H,4-7H2,1-3H3;2*8H,3-7H2,1-2H3;6H,4-5H2,1-3H3;7H,3-6H2,1-2H3. The summed E-state index contributed by atoms with van der Waals surface area (Å²) < 4.78 is 38.0. The maximum atomic E-state index is 12.8. The fourth-order valence-electron chi connectivity index (χ4n) is 21.0. The molecule has 16 heteroatoms. The fraction of sp³-hybridized carbons (Fsp3) is 0.902. The lowest BCUT2D eigenvalue weighted by molar-refractivity contribution is -0.0758. The first-order valence-corrected chi connectivity index (χ1v) is 58.4. The van der Waals surface area contributed by atoms with Crippen LogP contribution in [0.25, 0.3) is 0 Å². The molecule has 0 radical (unpaired) electrons. The molecular weight excluding hydrogens is 1700 g/mol. The zero-order valence-electron chi connectivity index (χ0n) is 98.7. The van der Waals surface area contributed by atoms with Crippen molar-refractivity contribution in [1.29, 1.82) is 0 Å². The third kappa shape index (κ3) is 55.1. The van der Waals surface area contributed by atoms with Crippen LogP contribution in [0.15, 0.2) is 54.6 Å². The molecule has 812 valence electrons. The normalized spacial score (nSPS) is 23.3. The van der Waals surface area contributed by atoms with Crippen LogP contribution in [-0.2, 0) is 0 Å². The van der Waals surface area contributed by atoms with Gasteiger partial charge >= 0.3 is 0 Å². The summed E-state index contributed by atoms with van der Waals surface area (Å²) in [5.41, 5.74) is 5.48. The summed E-state index contributed by atoms with van der Waals surface area (Å²) >= 11 is 0. The summed E-state index contributed by atoms with van der Waals surface area (Å²) in [6, 6.07) is 27.8. The van der Waals surface area contributed by atoms with Gasteiger partial charge in [0.2, 0.25) is 0 Å². The summed E-state index contributed by atoms with van der Waals surface area (Å²) in [5, 5.41) is 0. The molecule has 12 heterocycles. The molecule has 0 bridgehead atoms. The van der Waals surface area contributed by atoms with E-state index in [1.165, 1.54) is 315 Å². The predicted molar refractivity (Wildman–Crippen MR) is 604 cm³/mol. The van der Waals surface area contributed by atoms with Crippen molar-refractivity contribution >= 4 is 0 Å². The smallest absolute Gasteiger partial charge is 0.250 e. The van der Waals surface area contributed by atoms with E-state index in [1.54, 1.807) is 6.92 Å². The van der Waals surface area contributed by atoms with Crippen molar-refractivity contribution in [3.63, 3.8) is 0 Å². The molecule has 138 heavy (non-hydrogen) atoms. The highest BCUT2D eigenvalue weighted by Crippen LogP contribution is 2.49. The minimum absolute atomic E-state index is 0.0329. The van der Waals surface area contributed by atoms with E-state index in [9.17, 15) is 13.2 Å². The van der Waals surface area contributed by atoms with Gasteiger partial charge in [-0.25, -0.2) is 13.2 Å². The van der Waals surface area contributed by atoms with Crippen molar-refractivity contribution in [2.75, 3.05) is 177 Å². The van der Waals surface area contributed by atoms with Crippen LogP contribution in [0.5, 0.6) is 0 Å². The Balaban J connectivity index is 0.000000383. The Hall–Kier alpha value is -2.29. The van der Waals surface area contributed by atoms with Gasteiger partial charge in [-0.1, -0.05) is 161 Å². The van der Waals surface area contributed by atoms with Gasteiger partial charge in [0, 0.05) is 164 Å². The summed E-state index contributed by atoms with van der Waals surface area (Å²) in [6.45, 7) is 110. The number of likely N-dealkylation sites (tertiary alicyclic amines) is 11. The van der Waals surface area contributed by atoms with Gasteiger partial charge in [0.15, 0.2) is 0 Å². The molecule has 14 aliphatic rings. The number of halogens is 3. The molecule has 2 aliphatic carbocycles. The van der Waals surface area contributed by atoms with Crippen molar-refractivity contribution in [3.05, 3.63) is 71.3 Å². The zero-order chi connectivity index (χ0) is 104. The number of nitrogens with zero attached hydrogens (tertiary/aromatic N) is 13. The van der Waals surface area contributed by atoms with Crippen molar-refractivity contribution in [3.8, 4) is 0 Å². The van der Waals surface area contributed by atoms with Crippen LogP contribution in [0.2, 0.25) is 0 Å². The molecule has 0 unspecified atom stereocenters. The first kappa shape index (κ1) is 130. The molecule has 0 atom stereocenters. The largest absolute Gasteiger partial charge is 0.304 e. The van der Waals surface area contributed by atoms with Gasteiger partial charge in [0.25, 0.3) is 5.92 Å². The minimum Gasteiger partial charge on any atom is -0.304 e. The number of hydrogen-bond acceptors (Lipinski definition) is 13. The first-order valence-electron chi connectivity index (χ1n) is 58.4. The molecule has 2 aromatic rings. The first-order chi connectivity index (χ1) is 64.7. The SMILES string of the molecule is CC(C)N1CC(C)(F)C1.CC(C)N1CC2(CCC2)C1.CC(C)N1CC2(CCCCC2)C1.CC(C)N1CCC(C)(C)CC1.CC(C)N1CCC(F)(F)CC1.CC(C)N1CCCC1.CC(C)N1CCCCC1.CC(C)N1CCCCC1.CC(C)N1CCN(C)CC1.CC(C)c1ccccc1.CC1CCN(C(C)C)CC1.CC1CCN(C(C)C)CC1.CC1CCN(C(C)C)CC1.Cc1ccc(C(C)C)cc1. The van der Waals surface area contributed by atoms with E-state index in [4.69, 9.17) is 0 Å². The lowest BCUT2D eigenvalue weighted by atomic mass is 9.63. The van der Waals surface area contributed by atoms with Crippen molar-refractivity contribution in [1.82, 2.24) is 63.7 Å². The lowest BCUT2D eigenvalue weighted by Crippen LogP contribution is -2.61. The monoisotopic (exact) mass is 1940 g/mol. The van der Waals surface area contributed by atoms with Crippen LogP contribution in [0, 0.1) is 40.9 Å². The third-order valence-corrected chi connectivity index (χ3v) is 33.1. The second-order valence-electron chi connectivity index (χ2n) is 50.8. The van der Waals surface area contributed by atoms with E-state index in [2.05, 4.69) is 341 Å². The summed E-state index contributed by atoms with van der Waals surface area (Å²) in [7, 11) is 2.19. The van der Waals surface area contributed by atoms with Crippen LogP contribution in [0.3, 0.4) is 0 Å². The number of piperazine rings is 1. The Labute approximate surface area is 859 Å². The highest BCUT2D eigenvalue weighted by molar-refractivity contribution is 5.23. The second-order valence-corrected chi connectivity index (χ2v) is 50.8. The van der Waals surface area contributed by atoms with Crippen molar-refractivity contribution in [2.24, 2.45) is 34.0 Å². The fourth-order valence-corrected chi connectivity index (χ4v) is 21.0. The van der Waals surface area contributed by atoms with Crippen LogP contribution in [0.1, 0.15) is 431 Å². The average molecular weight is 1940 g/mol. The summed E-state index contributed by atoms with van der Waals surface area (Å²) in [4.78, 5) is 32.3. The van der Waals surface area contributed by atoms with E-state index >= 15 is 0 Å². The molecule has 2 saturated carbocycles. The van der Waals surface area contributed by atoms with Gasteiger partial charge in [-0.15, -0.1) is 0 Å². The number of rotatable bonds is 14. The van der Waals surface area contributed by atoms with Gasteiger partial charge in [-0.2, -0.15) is 0 Å². The van der Waals surface area contributed by atoms with E-state index in [1.807, 2.05) is 19.9 Å². The number of aryl methyl sites for hydroxylation is 1. The molecular formula is C122H238F3N13. The molecule has 12 saturated heterocycles. The topological polar surface area (TPSA) is 42.1 Å². The number of likely N-dealkylation sites (N-methyl/N-ethyl adjacent to an activating group) is 1. The summed E-state index contributed by atoms with van der Waals surface area (Å²) in [5.74, 6) is 1.82. The molecule has 2 spiro atoms. The van der Waals surface area contributed by atoms with E-state index in [0.29, 0.717) is 55.5 Å². The molecule has 2 aromatic carbocycles.